The number of ether oxygens (including phenoxy) is 1. The third-order valence-electron chi connectivity index (χ3n) is 5.12. The predicted molar refractivity (Wildman–Crippen MR) is 138 cm³/mol. The maximum Gasteiger partial charge on any atom is 0.260 e. The zero-order valence-electron chi connectivity index (χ0n) is 19.7. The van der Waals surface area contributed by atoms with Gasteiger partial charge in [0.1, 0.15) is 5.75 Å². The fourth-order valence-electron chi connectivity index (χ4n) is 3.52. The molecule has 2 aromatic carbocycles. The van der Waals surface area contributed by atoms with Crippen LogP contribution in [0.2, 0.25) is 0 Å². The van der Waals surface area contributed by atoms with Crippen LogP contribution in [-0.4, -0.2) is 49.6 Å². The van der Waals surface area contributed by atoms with Crippen LogP contribution in [0.4, 0.5) is 5.13 Å². The van der Waals surface area contributed by atoms with E-state index in [4.69, 9.17) is 9.72 Å². The van der Waals surface area contributed by atoms with Crippen LogP contribution in [0.25, 0.3) is 10.2 Å². The summed E-state index contributed by atoms with van der Waals surface area (Å²) in [5, 5.41) is 0.754. The molecule has 0 radical (unpaired) electrons. The van der Waals surface area contributed by atoms with Gasteiger partial charge in [0, 0.05) is 12.1 Å². The Hall–Kier alpha value is -2.15. The average Bonchev–Trinajstić information content (AvgIpc) is 3.15. The molecule has 1 heterocycles. The van der Waals surface area contributed by atoms with Crippen molar-refractivity contribution in [2.45, 2.75) is 40.0 Å². The molecule has 32 heavy (non-hydrogen) atoms. The van der Waals surface area contributed by atoms with Crippen molar-refractivity contribution in [3.05, 3.63) is 53.1 Å². The summed E-state index contributed by atoms with van der Waals surface area (Å²) < 4.78 is 6.96. The van der Waals surface area contributed by atoms with Crippen LogP contribution >= 0.6 is 23.7 Å². The molecule has 7 heteroatoms. The Morgan fingerprint density at radius 3 is 2.59 bits per heavy atom. The molecular formula is C25H34ClN3O2S. The van der Waals surface area contributed by atoms with Crippen molar-refractivity contribution in [1.29, 1.82) is 0 Å². The predicted octanol–water partition coefficient (Wildman–Crippen LogP) is 6.11. The van der Waals surface area contributed by atoms with Gasteiger partial charge < -0.3 is 9.64 Å². The highest BCUT2D eigenvalue weighted by molar-refractivity contribution is 7.22. The third-order valence-corrected chi connectivity index (χ3v) is 6.35. The number of carbonyl (C=O) groups excluding carboxylic acids is 1. The summed E-state index contributed by atoms with van der Waals surface area (Å²) in [5.74, 6) is 0.705. The molecule has 0 fully saturated rings. The highest BCUT2D eigenvalue weighted by Gasteiger charge is 2.22. The van der Waals surface area contributed by atoms with Crippen molar-refractivity contribution in [2.24, 2.45) is 0 Å². The van der Waals surface area contributed by atoms with Crippen LogP contribution in [0.3, 0.4) is 0 Å². The summed E-state index contributed by atoms with van der Waals surface area (Å²) in [7, 11) is 4.10. The number of carbonyl (C=O) groups is 1. The van der Waals surface area contributed by atoms with E-state index in [1.807, 2.05) is 43.3 Å². The lowest BCUT2D eigenvalue weighted by atomic mass is 10.1. The molecule has 1 amide bonds. The first-order chi connectivity index (χ1) is 14.9. The van der Waals surface area contributed by atoms with E-state index in [0.717, 1.165) is 46.9 Å². The standard InChI is InChI=1S/C25H33N3O2S.ClH/c1-6-7-14-30-21-11-8-10-20(17-21)24(29)28(13-9-12-27(4)5)25-26-22-16-18(2)15-19(3)23(22)31-25;/h8,10-11,15-17H,6-7,9,12-14H2,1-5H3;1H. The average molecular weight is 476 g/mol. The molecule has 3 rings (SSSR count). The number of hydrogen-bond donors (Lipinski definition) is 0. The maximum absolute atomic E-state index is 13.6. The van der Waals surface area contributed by atoms with Gasteiger partial charge in [-0.15, -0.1) is 12.4 Å². The molecule has 0 bridgehead atoms. The number of benzene rings is 2. The lowest BCUT2D eigenvalue weighted by Gasteiger charge is -2.21. The second-order valence-electron chi connectivity index (χ2n) is 8.27. The van der Waals surface area contributed by atoms with Gasteiger partial charge in [-0.1, -0.05) is 36.8 Å². The van der Waals surface area contributed by atoms with Gasteiger partial charge in [0.15, 0.2) is 5.13 Å². The van der Waals surface area contributed by atoms with Crippen LogP contribution < -0.4 is 9.64 Å². The first-order valence-electron chi connectivity index (χ1n) is 11.0. The first kappa shape index (κ1) is 26.1. The molecule has 0 N–H and O–H groups in total. The second-order valence-corrected chi connectivity index (χ2v) is 9.25. The molecule has 0 aliphatic heterocycles. The fourth-order valence-corrected chi connectivity index (χ4v) is 4.56. The highest BCUT2D eigenvalue weighted by Crippen LogP contribution is 2.33. The summed E-state index contributed by atoms with van der Waals surface area (Å²) in [4.78, 5) is 22.4. The minimum absolute atomic E-state index is 0. The van der Waals surface area contributed by atoms with Crippen molar-refractivity contribution in [1.82, 2.24) is 9.88 Å². The number of hydrogen-bond acceptors (Lipinski definition) is 5. The molecular weight excluding hydrogens is 442 g/mol. The van der Waals surface area contributed by atoms with Crippen molar-refractivity contribution >= 4 is 45.0 Å². The lowest BCUT2D eigenvalue weighted by molar-refractivity contribution is 0.0985. The van der Waals surface area contributed by atoms with Gasteiger partial charge in [-0.3, -0.25) is 9.69 Å². The Balaban J connectivity index is 0.00000363. The van der Waals surface area contributed by atoms with Gasteiger partial charge in [-0.05, 0) is 82.7 Å². The smallest absolute Gasteiger partial charge is 0.260 e. The topological polar surface area (TPSA) is 45.7 Å². The molecule has 5 nitrogen and oxygen atoms in total. The largest absolute Gasteiger partial charge is 0.494 e. The van der Waals surface area contributed by atoms with Crippen LogP contribution in [0.5, 0.6) is 5.75 Å². The van der Waals surface area contributed by atoms with Gasteiger partial charge in [-0.25, -0.2) is 4.98 Å². The molecule has 174 valence electrons. The molecule has 0 aliphatic rings. The van der Waals surface area contributed by atoms with Crippen LogP contribution in [0.1, 0.15) is 47.7 Å². The van der Waals surface area contributed by atoms with Gasteiger partial charge in [0.25, 0.3) is 5.91 Å². The summed E-state index contributed by atoms with van der Waals surface area (Å²) in [6, 6.07) is 11.8. The number of nitrogens with zero attached hydrogens (tertiary/aromatic N) is 3. The summed E-state index contributed by atoms with van der Waals surface area (Å²) >= 11 is 1.59. The van der Waals surface area contributed by atoms with Crippen molar-refractivity contribution in [3.63, 3.8) is 0 Å². The van der Waals surface area contributed by atoms with Gasteiger partial charge in [-0.2, -0.15) is 0 Å². The number of fused-ring (bicyclic) bond motifs is 1. The van der Waals surface area contributed by atoms with E-state index in [9.17, 15) is 4.79 Å². The maximum atomic E-state index is 13.6. The molecule has 0 unspecified atom stereocenters. The molecule has 0 spiro atoms. The SMILES string of the molecule is CCCCOc1cccc(C(=O)N(CCCN(C)C)c2nc3cc(C)cc(C)c3s2)c1.Cl. The van der Waals surface area contributed by atoms with Crippen molar-refractivity contribution in [2.75, 3.05) is 38.7 Å². The fraction of sp³-hybridized carbons (Fsp3) is 0.440. The number of anilines is 1. The zero-order valence-corrected chi connectivity index (χ0v) is 21.3. The monoisotopic (exact) mass is 475 g/mol. The molecule has 0 aliphatic carbocycles. The molecule has 3 aromatic rings. The molecule has 0 saturated heterocycles. The number of aryl methyl sites for hydroxylation is 2. The second kappa shape index (κ2) is 12.2. The summed E-state index contributed by atoms with van der Waals surface area (Å²) in [6.07, 6.45) is 2.95. The highest BCUT2D eigenvalue weighted by atomic mass is 35.5. The number of rotatable bonds is 10. The summed E-state index contributed by atoms with van der Waals surface area (Å²) in [6.45, 7) is 8.51. The Labute approximate surface area is 201 Å². The number of halogens is 1. The lowest BCUT2D eigenvalue weighted by Crippen LogP contribution is -2.33. The summed E-state index contributed by atoms with van der Waals surface area (Å²) in [5.41, 5.74) is 3.97. The minimum atomic E-state index is -0.0341. The third kappa shape index (κ3) is 6.67. The first-order valence-corrected chi connectivity index (χ1v) is 11.8. The van der Waals surface area contributed by atoms with Gasteiger partial charge in [0.05, 0.1) is 16.8 Å². The van der Waals surface area contributed by atoms with Gasteiger partial charge >= 0.3 is 0 Å². The number of amides is 1. The van der Waals surface area contributed by atoms with Crippen LogP contribution in [0, 0.1) is 13.8 Å². The molecule has 1 aromatic heterocycles. The van der Waals surface area contributed by atoms with E-state index in [-0.39, 0.29) is 18.3 Å². The Bertz CT molecular complexity index is 1040. The Morgan fingerprint density at radius 1 is 1.09 bits per heavy atom. The zero-order chi connectivity index (χ0) is 22.4. The van der Waals surface area contributed by atoms with E-state index < -0.39 is 0 Å². The normalized spacial score (nSPS) is 10.9. The number of unbranched alkanes of at least 4 members (excludes halogenated alkanes) is 1. The van der Waals surface area contributed by atoms with E-state index in [0.29, 0.717) is 18.7 Å². The van der Waals surface area contributed by atoms with E-state index in [2.05, 4.69) is 37.8 Å². The van der Waals surface area contributed by atoms with Crippen LogP contribution in [0.15, 0.2) is 36.4 Å². The van der Waals surface area contributed by atoms with E-state index >= 15 is 0 Å². The molecule has 0 atom stereocenters. The van der Waals surface area contributed by atoms with Crippen LogP contribution in [-0.2, 0) is 0 Å². The van der Waals surface area contributed by atoms with E-state index in [1.165, 1.54) is 11.1 Å². The Morgan fingerprint density at radius 2 is 1.88 bits per heavy atom. The Kier molecular flexibility index (Phi) is 9.94. The quantitative estimate of drug-likeness (QED) is 0.332. The number of aromatic nitrogens is 1. The molecule has 0 saturated carbocycles. The van der Waals surface area contributed by atoms with Crippen molar-refractivity contribution < 1.29 is 9.53 Å². The van der Waals surface area contributed by atoms with Gasteiger partial charge in [0.2, 0.25) is 0 Å². The van der Waals surface area contributed by atoms with E-state index in [1.54, 1.807) is 11.3 Å². The number of thiazole rings is 1. The van der Waals surface area contributed by atoms with Crippen molar-refractivity contribution in [3.8, 4) is 5.75 Å². The minimum Gasteiger partial charge on any atom is -0.494 e.